The Morgan fingerprint density at radius 1 is 1.21 bits per heavy atom. The molecule has 4 aliphatic rings. The summed E-state index contributed by atoms with van der Waals surface area (Å²) in [6, 6.07) is 4.62. The Balaban J connectivity index is 1.27. The summed E-state index contributed by atoms with van der Waals surface area (Å²) < 4.78 is 19.7. The van der Waals surface area contributed by atoms with Crippen LogP contribution in [0.2, 0.25) is 0 Å². The van der Waals surface area contributed by atoms with Gasteiger partial charge < -0.3 is 9.64 Å². The number of thiocarbonyl (C=S) groups is 1. The van der Waals surface area contributed by atoms with Crippen molar-refractivity contribution < 1.29 is 13.9 Å². The fraction of sp³-hybridized carbons (Fsp3) is 0.522. The number of halogens is 1. The van der Waals surface area contributed by atoms with Crippen molar-refractivity contribution in [3.8, 4) is 5.75 Å². The molecule has 1 unspecified atom stereocenters. The number of aliphatic imine (C=N–C) groups is 1. The zero-order valence-corrected chi connectivity index (χ0v) is 20.1. The average molecular weight is 490 g/mol. The number of thioether (sulfide) groups is 1. The highest BCUT2D eigenvalue weighted by molar-refractivity contribution is 8.19. The van der Waals surface area contributed by atoms with Gasteiger partial charge in [0.1, 0.15) is 16.6 Å². The van der Waals surface area contributed by atoms with Gasteiger partial charge in [0.05, 0.1) is 4.91 Å². The molecule has 10 heteroatoms. The Labute approximate surface area is 203 Å². The van der Waals surface area contributed by atoms with E-state index in [4.69, 9.17) is 17.0 Å². The number of ether oxygens (including phenoxy) is 1. The molecule has 1 N–H and O–H groups in total. The highest BCUT2D eigenvalue weighted by Gasteiger charge is 2.33. The van der Waals surface area contributed by atoms with Crippen molar-refractivity contribution in [2.75, 3.05) is 39.3 Å². The number of carbonyl (C=O) groups excluding carboxylic acids is 1. The van der Waals surface area contributed by atoms with E-state index in [1.54, 1.807) is 11.0 Å². The molecule has 4 aliphatic heterocycles. The smallest absolute Gasteiger partial charge is 0.409 e. The fourth-order valence-corrected chi connectivity index (χ4v) is 5.94. The molecule has 1 aromatic carbocycles. The number of nitrogens with zero attached hydrogens (tertiary/aromatic N) is 4. The number of amidine groups is 1. The first-order valence-electron chi connectivity index (χ1n) is 11.6. The maximum Gasteiger partial charge on any atom is 0.415 e. The summed E-state index contributed by atoms with van der Waals surface area (Å²) >= 11 is 6.94. The normalized spacial score (nSPS) is 25.2. The molecule has 0 radical (unpaired) electrons. The van der Waals surface area contributed by atoms with Crippen molar-refractivity contribution in [3.05, 3.63) is 34.5 Å². The molecule has 33 heavy (non-hydrogen) atoms. The molecule has 176 valence electrons. The van der Waals surface area contributed by atoms with Crippen molar-refractivity contribution >= 4 is 46.3 Å². The summed E-state index contributed by atoms with van der Waals surface area (Å²) in [7, 11) is 0. The second-order valence-corrected chi connectivity index (χ2v) is 10.2. The van der Waals surface area contributed by atoms with Crippen LogP contribution >= 0.6 is 24.0 Å². The van der Waals surface area contributed by atoms with Gasteiger partial charge in [-0.25, -0.2) is 19.6 Å². The number of nitrogens with one attached hydrogen (secondary N) is 1. The van der Waals surface area contributed by atoms with Gasteiger partial charge in [-0.15, -0.1) is 0 Å². The molecule has 5 rings (SSSR count). The van der Waals surface area contributed by atoms with Gasteiger partial charge in [-0.2, -0.15) is 0 Å². The number of benzene rings is 1. The molecule has 3 saturated heterocycles. The third kappa shape index (κ3) is 5.24. The van der Waals surface area contributed by atoms with E-state index in [1.165, 1.54) is 36.7 Å². The quantitative estimate of drug-likeness (QED) is 0.511. The topological polar surface area (TPSA) is 60.4 Å². The molecule has 1 amide bonds. The van der Waals surface area contributed by atoms with Crippen LogP contribution in [-0.4, -0.2) is 76.4 Å². The third-order valence-electron chi connectivity index (χ3n) is 6.49. The van der Waals surface area contributed by atoms with Crippen LogP contribution in [0.4, 0.5) is 9.18 Å². The predicted octanol–water partition coefficient (Wildman–Crippen LogP) is 3.87. The fourth-order valence-electron chi connectivity index (χ4n) is 4.69. The zero-order valence-electron chi connectivity index (χ0n) is 18.5. The number of carbonyl (C=O) groups is 1. The van der Waals surface area contributed by atoms with Crippen LogP contribution in [0.5, 0.6) is 5.75 Å². The molecule has 0 spiro atoms. The van der Waals surface area contributed by atoms with E-state index < -0.39 is 11.9 Å². The van der Waals surface area contributed by atoms with Crippen LogP contribution in [0.25, 0.3) is 6.08 Å². The number of hydrogen-bond acceptors (Lipinski definition) is 7. The second-order valence-electron chi connectivity index (χ2n) is 8.76. The van der Waals surface area contributed by atoms with Crippen molar-refractivity contribution in [1.29, 1.82) is 0 Å². The second kappa shape index (κ2) is 10.1. The Bertz CT molecular complexity index is 989. The molecule has 3 fully saturated rings. The zero-order chi connectivity index (χ0) is 22.8. The summed E-state index contributed by atoms with van der Waals surface area (Å²) in [5.41, 5.74) is 3.94. The number of hydrogen-bond donors (Lipinski definition) is 1. The lowest BCUT2D eigenvalue weighted by Gasteiger charge is -2.28. The van der Waals surface area contributed by atoms with Gasteiger partial charge in [0.15, 0.2) is 5.17 Å². The first-order valence-corrected chi connectivity index (χ1v) is 12.8. The predicted molar refractivity (Wildman–Crippen MR) is 133 cm³/mol. The van der Waals surface area contributed by atoms with Crippen molar-refractivity contribution in [3.63, 3.8) is 0 Å². The van der Waals surface area contributed by atoms with Gasteiger partial charge in [-0.05, 0) is 75.2 Å². The minimum Gasteiger partial charge on any atom is -0.409 e. The molecular formula is C23H28FN5O2S2. The minimum absolute atomic E-state index is 0.199. The van der Waals surface area contributed by atoms with Gasteiger partial charge in [0, 0.05) is 43.9 Å². The van der Waals surface area contributed by atoms with E-state index in [9.17, 15) is 9.18 Å². The van der Waals surface area contributed by atoms with Gasteiger partial charge in [-0.1, -0.05) is 12.2 Å². The monoisotopic (exact) mass is 489 g/mol. The molecule has 0 saturated carbocycles. The summed E-state index contributed by atoms with van der Waals surface area (Å²) in [6.45, 7) is 5.32. The molecule has 1 atom stereocenters. The van der Waals surface area contributed by atoms with Gasteiger partial charge in [0.2, 0.25) is 0 Å². The van der Waals surface area contributed by atoms with E-state index in [1.807, 2.05) is 11.1 Å². The summed E-state index contributed by atoms with van der Waals surface area (Å²) in [6.07, 6.45) is 7.03. The van der Waals surface area contributed by atoms with Gasteiger partial charge in [-0.3, -0.25) is 9.91 Å². The number of rotatable bonds is 3. The maximum absolute atomic E-state index is 14.0. The van der Waals surface area contributed by atoms with Crippen molar-refractivity contribution in [2.24, 2.45) is 4.99 Å². The molecule has 0 aromatic heterocycles. The molecular weight excluding hydrogens is 461 g/mol. The molecule has 0 bridgehead atoms. The van der Waals surface area contributed by atoms with E-state index in [0.717, 1.165) is 55.5 Å². The van der Waals surface area contributed by atoms with Crippen molar-refractivity contribution in [2.45, 2.75) is 38.1 Å². The Kier molecular flexibility index (Phi) is 6.96. The maximum atomic E-state index is 14.0. The van der Waals surface area contributed by atoms with Gasteiger partial charge in [0.25, 0.3) is 0 Å². The van der Waals surface area contributed by atoms with Crippen LogP contribution in [0.3, 0.4) is 0 Å². The number of hydrazine groups is 1. The number of likely N-dealkylation sites (tertiary alicyclic amines) is 2. The van der Waals surface area contributed by atoms with Crippen LogP contribution in [-0.2, 0) is 0 Å². The van der Waals surface area contributed by atoms with Crippen LogP contribution in [0, 0.1) is 5.82 Å². The van der Waals surface area contributed by atoms with Crippen molar-refractivity contribution in [1.82, 2.24) is 20.2 Å². The molecule has 0 aliphatic carbocycles. The summed E-state index contributed by atoms with van der Waals surface area (Å²) in [4.78, 5) is 22.8. The first-order chi connectivity index (χ1) is 16.1. The minimum atomic E-state index is -0.451. The molecule has 7 nitrogen and oxygen atoms in total. The van der Waals surface area contributed by atoms with Crippen LogP contribution < -0.4 is 10.2 Å². The average Bonchev–Trinajstić information content (AvgIpc) is 3.57. The highest BCUT2D eigenvalue weighted by atomic mass is 32.2. The SMILES string of the molecule is O=C(Oc1cc(F)ccc1/C=C1\SC(N2CCCCN2)=NC1=S)N1CCC(N2CCCC2)C1. The highest BCUT2D eigenvalue weighted by Crippen LogP contribution is 2.34. The van der Waals surface area contributed by atoms with Gasteiger partial charge >= 0.3 is 6.09 Å². The number of amides is 1. The summed E-state index contributed by atoms with van der Waals surface area (Å²) in [5.74, 6) is -0.252. The van der Waals surface area contributed by atoms with E-state index >= 15 is 0 Å². The third-order valence-corrected chi connectivity index (χ3v) is 7.96. The van der Waals surface area contributed by atoms with Crippen LogP contribution in [0.1, 0.15) is 37.7 Å². The summed E-state index contributed by atoms with van der Waals surface area (Å²) in [5, 5.41) is 2.84. The standard InChI is InChI=1S/C23H28FN5O2S2/c24-17-6-5-16(13-20-21(32)26-22(33-20)29-11-2-1-8-25-29)19(14-17)31-23(30)28-12-7-18(15-28)27-9-3-4-10-27/h5-6,13-14,18,25H,1-4,7-12,15H2/b20-13-. The molecule has 4 heterocycles. The largest absolute Gasteiger partial charge is 0.415 e. The molecule has 1 aromatic rings. The van der Waals surface area contributed by atoms with E-state index in [-0.39, 0.29) is 5.75 Å². The van der Waals surface area contributed by atoms with E-state index in [2.05, 4.69) is 15.3 Å². The first kappa shape index (κ1) is 22.8. The Hall–Kier alpha value is -2.01. The lowest BCUT2D eigenvalue weighted by atomic mass is 10.2. The Morgan fingerprint density at radius 2 is 2.03 bits per heavy atom. The Morgan fingerprint density at radius 3 is 2.82 bits per heavy atom. The van der Waals surface area contributed by atoms with Crippen LogP contribution in [0.15, 0.2) is 28.1 Å². The lowest BCUT2D eigenvalue weighted by molar-refractivity contribution is 0.156. The van der Waals surface area contributed by atoms with E-state index in [0.29, 0.717) is 29.7 Å². The lowest BCUT2D eigenvalue weighted by Crippen LogP contribution is -2.45.